The van der Waals surface area contributed by atoms with Crippen LogP contribution in [0.2, 0.25) is 0 Å². The van der Waals surface area contributed by atoms with E-state index in [-0.39, 0.29) is 0 Å². The van der Waals surface area contributed by atoms with Gasteiger partial charge in [-0.3, -0.25) is 0 Å². The Labute approximate surface area is 302 Å². The molecule has 0 spiro atoms. The van der Waals surface area contributed by atoms with Gasteiger partial charge in [0.05, 0.1) is 34.4 Å². The molecule has 0 aliphatic rings. The van der Waals surface area contributed by atoms with E-state index in [0.717, 1.165) is 50.6 Å². The average Bonchev–Trinajstić information content (AvgIpc) is 3.23. The second-order valence-corrected chi connectivity index (χ2v) is 12.8. The number of benzene rings is 8. The van der Waals surface area contributed by atoms with Gasteiger partial charge in [-0.1, -0.05) is 176 Å². The van der Waals surface area contributed by atoms with Crippen molar-refractivity contribution in [3.05, 3.63) is 194 Å². The highest BCUT2D eigenvalue weighted by Crippen LogP contribution is 2.44. The molecular formula is C49H31N3. The van der Waals surface area contributed by atoms with E-state index in [4.69, 9.17) is 9.97 Å². The van der Waals surface area contributed by atoms with Gasteiger partial charge in [-0.2, -0.15) is 5.26 Å². The van der Waals surface area contributed by atoms with Crippen molar-refractivity contribution in [2.45, 2.75) is 0 Å². The average molecular weight is 662 g/mol. The molecule has 0 saturated carbocycles. The van der Waals surface area contributed by atoms with Crippen molar-refractivity contribution in [2.75, 3.05) is 0 Å². The fourth-order valence-electron chi connectivity index (χ4n) is 7.32. The van der Waals surface area contributed by atoms with E-state index < -0.39 is 0 Å². The Kier molecular flexibility index (Phi) is 7.89. The molecule has 0 amide bonds. The molecule has 0 atom stereocenters. The fraction of sp³-hybridized carbons (Fsp3) is 0. The largest absolute Gasteiger partial charge is 0.243 e. The van der Waals surface area contributed by atoms with Crippen LogP contribution < -0.4 is 0 Å². The van der Waals surface area contributed by atoms with Crippen LogP contribution in [0.25, 0.3) is 88.8 Å². The first-order valence-corrected chi connectivity index (χ1v) is 17.4. The number of nitriles is 1. The van der Waals surface area contributed by atoms with Crippen LogP contribution in [0.4, 0.5) is 0 Å². The number of hydrogen-bond acceptors (Lipinski definition) is 3. The molecular weight excluding hydrogens is 631 g/mol. The summed E-state index contributed by atoms with van der Waals surface area (Å²) >= 11 is 0. The van der Waals surface area contributed by atoms with Gasteiger partial charge >= 0.3 is 0 Å². The molecule has 0 N–H and O–H groups in total. The molecule has 3 nitrogen and oxygen atoms in total. The summed E-state index contributed by atoms with van der Waals surface area (Å²) in [5.74, 6) is 0. The number of hydrogen-bond donors (Lipinski definition) is 0. The van der Waals surface area contributed by atoms with E-state index in [0.29, 0.717) is 5.56 Å². The quantitative estimate of drug-likeness (QED) is 0.167. The minimum atomic E-state index is 0.580. The minimum Gasteiger partial charge on any atom is -0.243 e. The first-order valence-electron chi connectivity index (χ1n) is 17.4. The van der Waals surface area contributed by atoms with Gasteiger partial charge in [0.15, 0.2) is 0 Å². The van der Waals surface area contributed by atoms with Crippen molar-refractivity contribution in [2.24, 2.45) is 0 Å². The predicted molar refractivity (Wildman–Crippen MR) is 214 cm³/mol. The molecule has 8 aromatic carbocycles. The van der Waals surface area contributed by atoms with Crippen molar-refractivity contribution in [3.63, 3.8) is 0 Å². The fourth-order valence-corrected chi connectivity index (χ4v) is 7.32. The number of aromatic nitrogens is 2. The van der Waals surface area contributed by atoms with E-state index in [1.54, 1.807) is 0 Å². The zero-order valence-corrected chi connectivity index (χ0v) is 28.2. The van der Waals surface area contributed by atoms with E-state index >= 15 is 0 Å². The lowest BCUT2D eigenvalue weighted by Crippen LogP contribution is -2.01. The third-order valence-electron chi connectivity index (χ3n) is 9.70. The first kappa shape index (κ1) is 30.9. The molecule has 3 heteroatoms. The van der Waals surface area contributed by atoms with Crippen molar-refractivity contribution in [3.8, 4) is 73.4 Å². The lowest BCUT2D eigenvalue weighted by atomic mass is 9.86. The Morgan fingerprint density at radius 1 is 0.308 bits per heavy atom. The Morgan fingerprint density at radius 3 is 1.08 bits per heavy atom. The van der Waals surface area contributed by atoms with Crippen LogP contribution in [0.3, 0.4) is 0 Å². The Morgan fingerprint density at radius 2 is 0.635 bits per heavy atom. The zero-order valence-electron chi connectivity index (χ0n) is 28.2. The standard InChI is InChI=1S/C49H31N3/c50-32-33-15-14-22-39(31-33)49-47(37-20-8-3-9-21-37)51-48(46(52-49)36-18-6-2-7-19-36)38-29-27-35(28-30-38)45-42-25-12-10-23-40(42)44(34-16-4-1-5-17-34)41-24-11-13-26-43(41)45/h1-31H. The van der Waals surface area contributed by atoms with Crippen molar-refractivity contribution in [1.82, 2.24) is 9.97 Å². The van der Waals surface area contributed by atoms with Crippen LogP contribution in [0, 0.1) is 11.3 Å². The summed E-state index contributed by atoms with van der Waals surface area (Å²) in [6.07, 6.45) is 0. The lowest BCUT2D eigenvalue weighted by molar-refractivity contribution is 1.21. The first-order chi connectivity index (χ1) is 25.8. The van der Waals surface area contributed by atoms with Gasteiger partial charge in [0.1, 0.15) is 0 Å². The summed E-state index contributed by atoms with van der Waals surface area (Å²) < 4.78 is 0. The highest BCUT2D eigenvalue weighted by Gasteiger charge is 2.21. The van der Waals surface area contributed by atoms with Gasteiger partial charge in [0, 0.05) is 22.3 Å². The van der Waals surface area contributed by atoms with Crippen LogP contribution >= 0.6 is 0 Å². The van der Waals surface area contributed by atoms with E-state index in [9.17, 15) is 5.26 Å². The Hall–Kier alpha value is -7.15. The van der Waals surface area contributed by atoms with Gasteiger partial charge in [-0.15, -0.1) is 0 Å². The molecule has 1 aromatic heterocycles. The maximum atomic E-state index is 9.72. The summed E-state index contributed by atoms with van der Waals surface area (Å²) in [5.41, 5.74) is 12.2. The van der Waals surface area contributed by atoms with Crippen LogP contribution in [-0.4, -0.2) is 9.97 Å². The van der Waals surface area contributed by atoms with Crippen LogP contribution in [0.1, 0.15) is 5.56 Å². The summed E-state index contributed by atoms with van der Waals surface area (Å²) in [5, 5.41) is 14.6. The SMILES string of the molecule is N#Cc1cccc(-c2nc(-c3ccccc3)c(-c3ccc(-c4c5ccccc5c(-c5ccccc5)c5ccccc45)cc3)nc2-c2ccccc2)c1. The highest BCUT2D eigenvalue weighted by atomic mass is 14.9. The number of rotatable bonds is 6. The smallest absolute Gasteiger partial charge is 0.0991 e. The molecule has 0 bridgehead atoms. The second kappa shape index (κ2) is 13.3. The van der Waals surface area contributed by atoms with Gasteiger partial charge in [-0.05, 0) is 55.9 Å². The van der Waals surface area contributed by atoms with Crippen LogP contribution in [0.5, 0.6) is 0 Å². The topological polar surface area (TPSA) is 49.6 Å². The molecule has 242 valence electrons. The van der Waals surface area contributed by atoms with E-state index in [1.165, 1.54) is 38.2 Å². The zero-order chi connectivity index (χ0) is 34.9. The molecule has 0 unspecified atom stereocenters. The normalized spacial score (nSPS) is 11.1. The summed E-state index contributed by atoms with van der Waals surface area (Å²) in [6, 6.07) is 67.2. The molecule has 0 fully saturated rings. The molecule has 0 saturated heterocycles. The summed E-state index contributed by atoms with van der Waals surface area (Å²) in [4.78, 5) is 10.8. The van der Waals surface area contributed by atoms with E-state index in [1.807, 2.05) is 60.7 Å². The van der Waals surface area contributed by atoms with Gasteiger partial charge in [0.2, 0.25) is 0 Å². The summed E-state index contributed by atoms with van der Waals surface area (Å²) in [6.45, 7) is 0. The molecule has 9 rings (SSSR count). The van der Waals surface area contributed by atoms with Crippen LogP contribution in [-0.2, 0) is 0 Å². The summed E-state index contributed by atoms with van der Waals surface area (Å²) in [7, 11) is 0. The van der Waals surface area contributed by atoms with Crippen molar-refractivity contribution in [1.29, 1.82) is 5.26 Å². The third-order valence-corrected chi connectivity index (χ3v) is 9.70. The molecule has 1 heterocycles. The maximum Gasteiger partial charge on any atom is 0.0991 e. The molecule has 0 aliphatic heterocycles. The molecule has 9 aromatic rings. The highest BCUT2D eigenvalue weighted by molar-refractivity contribution is 6.21. The maximum absolute atomic E-state index is 9.72. The van der Waals surface area contributed by atoms with Gasteiger partial charge in [-0.25, -0.2) is 9.97 Å². The minimum absolute atomic E-state index is 0.580. The Bertz CT molecular complexity index is 2710. The monoisotopic (exact) mass is 661 g/mol. The van der Waals surface area contributed by atoms with E-state index in [2.05, 4.69) is 133 Å². The van der Waals surface area contributed by atoms with Crippen molar-refractivity contribution < 1.29 is 0 Å². The van der Waals surface area contributed by atoms with Crippen molar-refractivity contribution >= 4 is 21.5 Å². The number of nitrogens with zero attached hydrogens (tertiary/aromatic N) is 3. The lowest BCUT2D eigenvalue weighted by Gasteiger charge is -2.18. The number of fused-ring (bicyclic) bond motifs is 2. The third kappa shape index (κ3) is 5.50. The molecule has 0 radical (unpaired) electrons. The predicted octanol–water partition coefficient (Wildman–Crippen LogP) is 12.7. The molecule has 0 aliphatic carbocycles. The second-order valence-electron chi connectivity index (χ2n) is 12.8. The van der Waals surface area contributed by atoms with Gasteiger partial charge < -0.3 is 0 Å². The van der Waals surface area contributed by atoms with Crippen LogP contribution in [0.15, 0.2) is 188 Å². The molecule has 52 heavy (non-hydrogen) atoms. The van der Waals surface area contributed by atoms with Gasteiger partial charge in [0.25, 0.3) is 0 Å². The Balaban J connectivity index is 1.26.